The SMILES string of the molecule is CC1(C)CCC[C@](C)([C@H]2CC[C@]3(C)[C@@H]2[C@H](O)C[C@@H]2[C@@]4(C)CC/C(=N\Nc5ccccc5Cl)C(C)(C)[C@@H]4CC[C@]23C)O1. The fourth-order valence-corrected chi connectivity index (χ4v) is 12.2. The summed E-state index contributed by atoms with van der Waals surface area (Å²) < 4.78 is 6.93. The number of anilines is 1. The van der Waals surface area contributed by atoms with Crippen LogP contribution in [0.2, 0.25) is 5.02 Å². The Morgan fingerprint density at radius 1 is 0.878 bits per heavy atom. The smallest absolute Gasteiger partial charge is 0.0748 e. The number of para-hydroxylation sites is 1. The second-order valence-electron chi connectivity index (χ2n) is 16.9. The van der Waals surface area contributed by atoms with Crippen molar-refractivity contribution in [3.05, 3.63) is 29.3 Å². The van der Waals surface area contributed by atoms with Crippen molar-refractivity contribution in [2.24, 2.45) is 50.4 Å². The minimum Gasteiger partial charge on any atom is -0.393 e. The quantitative estimate of drug-likeness (QED) is 0.349. The molecule has 0 radical (unpaired) electrons. The first-order valence-electron chi connectivity index (χ1n) is 16.5. The van der Waals surface area contributed by atoms with E-state index >= 15 is 0 Å². The van der Waals surface area contributed by atoms with E-state index in [2.05, 4.69) is 60.8 Å². The van der Waals surface area contributed by atoms with Gasteiger partial charge in [-0.05, 0) is 137 Å². The van der Waals surface area contributed by atoms with Crippen molar-refractivity contribution in [2.75, 3.05) is 5.43 Å². The lowest BCUT2D eigenvalue weighted by Crippen LogP contribution is -2.66. The fourth-order valence-electron chi connectivity index (χ4n) is 12.0. The van der Waals surface area contributed by atoms with Crippen LogP contribution in [0.25, 0.3) is 0 Å². The highest BCUT2D eigenvalue weighted by Gasteiger charge is 2.71. The largest absolute Gasteiger partial charge is 0.393 e. The van der Waals surface area contributed by atoms with Crippen molar-refractivity contribution in [3.8, 4) is 0 Å². The first-order chi connectivity index (χ1) is 19.1. The molecule has 1 aromatic carbocycles. The van der Waals surface area contributed by atoms with Gasteiger partial charge >= 0.3 is 0 Å². The van der Waals surface area contributed by atoms with Gasteiger partial charge in [0.05, 0.1) is 28.0 Å². The molecule has 1 heterocycles. The molecule has 1 saturated heterocycles. The molecule has 0 spiro atoms. The molecular formula is C36H55ClN2O2. The number of aliphatic hydroxyl groups is 1. The molecule has 1 aliphatic heterocycles. The molecule has 2 N–H and O–H groups in total. The second-order valence-corrected chi connectivity index (χ2v) is 17.3. The summed E-state index contributed by atoms with van der Waals surface area (Å²) in [6.45, 7) is 19.5. The number of fused-ring (bicyclic) bond motifs is 5. The highest BCUT2D eigenvalue weighted by molar-refractivity contribution is 6.33. The average Bonchev–Trinajstić information content (AvgIpc) is 3.26. The van der Waals surface area contributed by atoms with Gasteiger partial charge in [-0.1, -0.05) is 58.4 Å². The number of nitrogens with zero attached hydrogens (tertiary/aromatic N) is 1. The van der Waals surface area contributed by atoms with E-state index in [9.17, 15) is 5.11 Å². The van der Waals surface area contributed by atoms with Crippen LogP contribution in [-0.2, 0) is 4.74 Å². The van der Waals surface area contributed by atoms with E-state index in [1.807, 2.05) is 24.3 Å². The van der Waals surface area contributed by atoms with Gasteiger partial charge in [-0.2, -0.15) is 5.10 Å². The van der Waals surface area contributed by atoms with Crippen LogP contribution in [0.5, 0.6) is 0 Å². The number of benzene rings is 1. The molecule has 4 aliphatic carbocycles. The Labute approximate surface area is 254 Å². The maximum Gasteiger partial charge on any atom is 0.0748 e. The van der Waals surface area contributed by atoms with E-state index in [1.165, 1.54) is 37.8 Å². The number of nitrogens with one attached hydrogen (secondary N) is 1. The molecule has 0 bridgehead atoms. The molecule has 5 aliphatic rings. The zero-order valence-electron chi connectivity index (χ0n) is 26.9. The summed E-state index contributed by atoms with van der Waals surface area (Å²) in [5.74, 6) is 1.80. The van der Waals surface area contributed by atoms with Crippen LogP contribution >= 0.6 is 11.6 Å². The topological polar surface area (TPSA) is 53.9 Å². The molecule has 0 aromatic heterocycles. The van der Waals surface area contributed by atoms with Crippen LogP contribution in [0.4, 0.5) is 5.69 Å². The molecule has 41 heavy (non-hydrogen) atoms. The number of hydrazone groups is 1. The maximum atomic E-state index is 12.2. The Hall–Kier alpha value is -1.10. The summed E-state index contributed by atoms with van der Waals surface area (Å²) in [5.41, 5.74) is 5.74. The predicted molar refractivity (Wildman–Crippen MR) is 170 cm³/mol. The van der Waals surface area contributed by atoms with E-state index in [-0.39, 0.29) is 39.0 Å². The van der Waals surface area contributed by atoms with Crippen molar-refractivity contribution >= 4 is 23.0 Å². The van der Waals surface area contributed by atoms with E-state index < -0.39 is 0 Å². The normalized spacial score (nSPS) is 47.8. The van der Waals surface area contributed by atoms with Crippen LogP contribution in [0.3, 0.4) is 0 Å². The van der Waals surface area contributed by atoms with E-state index in [4.69, 9.17) is 21.4 Å². The van der Waals surface area contributed by atoms with Gasteiger partial charge in [0.2, 0.25) is 0 Å². The minimum atomic E-state index is -0.258. The van der Waals surface area contributed by atoms with Crippen LogP contribution < -0.4 is 5.43 Å². The molecule has 0 amide bonds. The Morgan fingerprint density at radius 2 is 1.59 bits per heavy atom. The maximum absolute atomic E-state index is 12.2. The molecular weight excluding hydrogens is 528 g/mol. The number of hydrogen-bond donors (Lipinski definition) is 2. The highest BCUT2D eigenvalue weighted by Crippen LogP contribution is 2.76. The van der Waals surface area contributed by atoms with Crippen molar-refractivity contribution in [1.29, 1.82) is 0 Å². The van der Waals surface area contributed by atoms with Crippen molar-refractivity contribution in [2.45, 2.75) is 137 Å². The molecule has 4 nitrogen and oxygen atoms in total. The summed E-state index contributed by atoms with van der Waals surface area (Å²) in [4.78, 5) is 0. The molecule has 4 saturated carbocycles. The zero-order chi connectivity index (χ0) is 29.6. The van der Waals surface area contributed by atoms with Gasteiger partial charge in [0, 0.05) is 11.1 Å². The fraction of sp³-hybridized carbons (Fsp3) is 0.806. The van der Waals surface area contributed by atoms with Crippen molar-refractivity contribution < 1.29 is 9.84 Å². The predicted octanol–water partition coefficient (Wildman–Crippen LogP) is 9.50. The lowest BCUT2D eigenvalue weighted by Gasteiger charge is -2.70. The Bertz CT molecular complexity index is 1210. The van der Waals surface area contributed by atoms with Crippen molar-refractivity contribution in [1.82, 2.24) is 0 Å². The zero-order valence-corrected chi connectivity index (χ0v) is 27.7. The van der Waals surface area contributed by atoms with Gasteiger partial charge in [0.1, 0.15) is 0 Å². The molecule has 228 valence electrons. The number of ether oxygens (including phenoxy) is 1. The highest BCUT2D eigenvalue weighted by atomic mass is 35.5. The number of halogens is 1. The van der Waals surface area contributed by atoms with Crippen molar-refractivity contribution in [3.63, 3.8) is 0 Å². The van der Waals surface area contributed by atoms with Gasteiger partial charge in [-0.3, -0.25) is 5.43 Å². The van der Waals surface area contributed by atoms with E-state index in [1.54, 1.807) is 0 Å². The number of hydrogen-bond acceptors (Lipinski definition) is 4. The van der Waals surface area contributed by atoms with E-state index in [0.29, 0.717) is 28.7 Å². The molecule has 9 atom stereocenters. The van der Waals surface area contributed by atoms with Gasteiger partial charge in [0.15, 0.2) is 0 Å². The summed E-state index contributed by atoms with van der Waals surface area (Å²) in [5, 5.41) is 17.9. The summed E-state index contributed by atoms with van der Waals surface area (Å²) >= 11 is 6.43. The number of aliphatic hydroxyl groups excluding tert-OH is 1. The Balaban J connectivity index is 1.29. The van der Waals surface area contributed by atoms with Crippen LogP contribution in [0.1, 0.15) is 120 Å². The third-order valence-corrected chi connectivity index (χ3v) is 14.4. The monoisotopic (exact) mass is 582 g/mol. The summed E-state index contributed by atoms with van der Waals surface area (Å²) in [6, 6.07) is 7.85. The lowest BCUT2D eigenvalue weighted by atomic mass is 9.35. The van der Waals surface area contributed by atoms with Gasteiger partial charge in [-0.15, -0.1) is 0 Å². The van der Waals surface area contributed by atoms with Gasteiger partial charge in [0.25, 0.3) is 0 Å². The van der Waals surface area contributed by atoms with Gasteiger partial charge < -0.3 is 9.84 Å². The third kappa shape index (κ3) is 4.39. The molecule has 0 unspecified atom stereocenters. The van der Waals surface area contributed by atoms with Crippen LogP contribution in [-0.4, -0.2) is 28.1 Å². The van der Waals surface area contributed by atoms with Crippen LogP contribution in [0, 0.1) is 45.3 Å². The second kappa shape index (κ2) is 9.70. The van der Waals surface area contributed by atoms with E-state index in [0.717, 1.165) is 37.8 Å². The molecule has 6 rings (SSSR count). The Morgan fingerprint density at radius 3 is 2.29 bits per heavy atom. The summed E-state index contributed by atoms with van der Waals surface area (Å²) in [6.07, 6.45) is 11.1. The summed E-state index contributed by atoms with van der Waals surface area (Å²) in [7, 11) is 0. The molecule has 5 fully saturated rings. The lowest BCUT2D eigenvalue weighted by molar-refractivity contribution is -0.244. The minimum absolute atomic E-state index is 0.0154. The van der Waals surface area contributed by atoms with Gasteiger partial charge in [-0.25, -0.2) is 0 Å². The standard InChI is InChI=1S/C36H55ClN2O2/c1-31(2)17-11-18-36(8,41-31)23-14-20-35(7)30(23)26(40)22-28-33(5)19-16-29(39-38-25-13-10-9-12-24(25)37)32(3,4)27(33)15-21-34(28,35)6/h9-10,12-13,23,26-28,30,38,40H,11,14-22H2,1-8H3/b39-29+/t23-,26+,27-,28+,30-,33-,34+,35+,36+/m0/s1. The van der Waals surface area contributed by atoms with Crippen LogP contribution in [0.15, 0.2) is 29.4 Å². The third-order valence-electron chi connectivity index (χ3n) is 14.1. The number of rotatable bonds is 3. The Kier molecular flexibility index (Phi) is 7.09. The first kappa shape index (κ1) is 29.9. The molecule has 1 aromatic rings. The average molecular weight is 583 g/mol. The molecule has 5 heteroatoms. The first-order valence-corrected chi connectivity index (χ1v) is 16.9.